The zero-order valence-corrected chi connectivity index (χ0v) is 8.36. The van der Waals surface area contributed by atoms with Crippen molar-refractivity contribution in [3.63, 3.8) is 0 Å². The number of carbonyl (C=O) groups excluding carboxylic acids is 1. The third-order valence-electron chi connectivity index (χ3n) is 1.92. The number of hydrogen-bond acceptors (Lipinski definition) is 3. The SMILES string of the molecule is CCC1NC(=S)NC(=O)/C1=C(\C)O. The highest BCUT2D eigenvalue weighted by molar-refractivity contribution is 7.80. The van der Waals surface area contributed by atoms with Crippen LogP contribution in [0.15, 0.2) is 11.3 Å². The second kappa shape index (κ2) is 3.74. The Bertz CT molecular complexity index is 282. The smallest absolute Gasteiger partial charge is 0.258 e. The molecular formula is C8H12N2O2S. The zero-order chi connectivity index (χ0) is 10.0. The molecule has 13 heavy (non-hydrogen) atoms. The van der Waals surface area contributed by atoms with Crippen LogP contribution in [0.3, 0.4) is 0 Å². The maximum Gasteiger partial charge on any atom is 0.258 e. The van der Waals surface area contributed by atoms with Crippen LogP contribution in [-0.2, 0) is 4.79 Å². The van der Waals surface area contributed by atoms with Gasteiger partial charge in [0.1, 0.15) is 0 Å². The van der Waals surface area contributed by atoms with E-state index in [0.717, 1.165) is 0 Å². The summed E-state index contributed by atoms with van der Waals surface area (Å²) in [6, 6.07) is -0.175. The molecule has 3 N–H and O–H groups in total. The first kappa shape index (κ1) is 9.98. The molecule has 0 aromatic carbocycles. The maximum atomic E-state index is 11.4. The van der Waals surface area contributed by atoms with Gasteiger partial charge in [0.2, 0.25) is 0 Å². The van der Waals surface area contributed by atoms with E-state index in [2.05, 4.69) is 10.6 Å². The lowest BCUT2D eigenvalue weighted by atomic mass is 10.0. The number of carbonyl (C=O) groups is 1. The van der Waals surface area contributed by atoms with Gasteiger partial charge in [-0.3, -0.25) is 10.1 Å². The van der Waals surface area contributed by atoms with E-state index in [1.165, 1.54) is 6.92 Å². The van der Waals surface area contributed by atoms with Crippen LogP contribution in [0.1, 0.15) is 20.3 Å². The molecule has 1 atom stereocenters. The predicted molar refractivity (Wildman–Crippen MR) is 53.3 cm³/mol. The van der Waals surface area contributed by atoms with Gasteiger partial charge in [-0.05, 0) is 25.6 Å². The molecule has 1 aliphatic rings. The summed E-state index contributed by atoms with van der Waals surface area (Å²) in [6.07, 6.45) is 0.709. The summed E-state index contributed by atoms with van der Waals surface area (Å²) in [5.41, 5.74) is 0.371. The lowest BCUT2D eigenvalue weighted by molar-refractivity contribution is -0.117. The van der Waals surface area contributed by atoms with Gasteiger partial charge in [0.05, 0.1) is 17.4 Å². The van der Waals surface area contributed by atoms with E-state index >= 15 is 0 Å². The molecule has 0 radical (unpaired) electrons. The number of aliphatic hydroxyl groups is 1. The largest absolute Gasteiger partial charge is 0.512 e. The van der Waals surface area contributed by atoms with E-state index in [1.54, 1.807) is 0 Å². The van der Waals surface area contributed by atoms with E-state index < -0.39 is 0 Å². The average molecular weight is 200 g/mol. The third kappa shape index (κ3) is 1.98. The van der Waals surface area contributed by atoms with Crippen LogP contribution < -0.4 is 10.6 Å². The summed E-state index contributed by atoms with van der Waals surface area (Å²) in [5, 5.41) is 14.9. The van der Waals surface area contributed by atoms with Crippen LogP contribution in [0, 0.1) is 0 Å². The summed E-state index contributed by atoms with van der Waals surface area (Å²) in [4.78, 5) is 11.4. The van der Waals surface area contributed by atoms with E-state index in [1.807, 2.05) is 6.92 Å². The molecule has 0 aromatic rings. The van der Waals surface area contributed by atoms with Crippen molar-refractivity contribution in [2.24, 2.45) is 0 Å². The van der Waals surface area contributed by atoms with Gasteiger partial charge < -0.3 is 10.4 Å². The summed E-state index contributed by atoms with van der Waals surface area (Å²) in [5.74, 6) is -0.269. The minimum atomic E-state index is -0.310. The Morgan fingerprint density at radius 2 is 2.31 bits per heavy atom. The van der Waals surface area contributed by atoms with Crippen molar-refractivity contribution in [1.82, 2.24) is 10.6 Å². The Balaban J connectivity index is 2.98. The standard InChI is InChI=1S/C8H12N2O2S/c1-3-5-6(4(2)11)7(12)10-8(13)9-5/h5,11H,3H2,1-2H3,(H2,9,10,12,13)/b6-4+. The van der Waals surface area contributed by atoms with Crippen molar-refractivity contribution in [3.05, 3.63) is 11.3 Å². The van der Waals surface area contributed by atoms with E-state index in [-0.39, 0.29) is 17.7 Å². The highest BCUT2D eigenvalue weighted by Crippen LogP contribution is 2.13. The lowest BCUT2D eigenvalue weighted by Crippen LogP contribution is -2.53. The Morgan fingerprint density at radius 1 is 1.69 bits per heavy atom. The van der Waals surface area contributed by atoms with Crippen LogP contribution in [-0.4, -0.2) is 22.2 Å². The molecule has 1 fully saturated rings. The van der Waals surface area contributed by atoms with Gasteiger partial charge in [-0.2, -0.15) is 0 Å². The Morgan fingerprint density at radius 3 is 2.77 bits per heavy atom. The average Bonchev–Trinajstić information content (AvgIpc) is 2.01. The zero-order valence-electron chi connectivity index (χ0n) is 7.55. The van der Waals surface area contributed by atoms with E-state index in [9.17, 15) is 9.90 Å². The topological polar surface area (TPSA) is 61.4 Å². The molecule has 1 aliphatic heterocycles. The van der Waals surface area contributed by atoms with Crippen LogP contribution >= 0.6 is 12.2 Å². The third-order valence-corrected chi connectivity index (χ3v) is 2.14. The quantitative estimate of drug-likeness (QED) is 0.329. The highest BCUT2D eigenvalue weighted by Gasteiger charge is 2.28. The first-order valence-corrected chi connectivity index (χ1v) is 4.48. The van der Waals surface area contributed by atoms with Gasteiger partial charge in [0.15, 0.2) is 5.11 Å². The van der Waals surface area contributed by atoms with Crippen molar-refractivity contribution < 1.29 is 9.90 Å². The number of thiocarbonyl (C=S) groups is 1. The molecule has 4 nitrogen and oxygen atoms in total. The Labute approximate surface area is 82.0 Å². The first-order chi connectivity index (χ1) is 6.06. The molecule has 0 aliphatic carbocycles. The fourth-order valence-corrected chi connectivity index (χ4v) is 1.55. The molecular weight excluding hydrogens is 188 g/mol. The van der Waals surface area contributed by atoms with Gasteiger partial charge >= 0.3 is 0 Å². The number of nitrogens with one attached hydrogen (secondary N) is 2. The molecule has 72 valence electrons. The Hall–Kier alpha value is -1.10. The molecule has 1 heterocycles. The fraction of sp³-hybridized carbons (Fsp3) is 0.500. The van der Waals surface area contributed by atoms with E-state index in [4.69, 9.17) is 12.2 Å². The second-order valence-electron chi connectivity index (χ2n) is 2.89. The van der Waals surface area contributed by atoms with Crippen molar-refractivity contribution in [1.29, 1.82) is 0 Å². The van der Waals surface area contributed by atoms with Gasteiger partial charge in [0, 0.05) is 0 Å². The van der Waals surface area contributed by atoms with Crippen LogP contribution in [0.25, 0.3) is 0 Å². The van der Waals surface area contributed by atoms with Crippen molar-refractivity contribution in [2.45, 2.75) is 26.3 Å². The Kier molecular flexibility index (Phi) is 2.87. The van der Waals surface area contributed by atoms with Crippen LogP contribution in [0.2, 0.25) is 0 Å². The molecule has 5 heteroatoms. The van der Waals surface area contributed by atoms with Gasteiger partial charge in [-0.15, -0.1) is 0 Å². The summed E-state index contributed by atoms with van der Waals surface area (Å²) in [7, 11) is 0. The van der Waals surface area contributed by atoms with Gasteiger partial charge in [-0.25, -0.2) is 0 Å². The number of rotatable bonds is 1. The number of allylic oxidation sites excluding steroid dienone is 1. The normalized spacial score (nSPS) is 26.5. The minimum Gasteiger partial charge on any atom is -0.512 e. The van der Waals surface area contributed by atoms with Crippen molar-refractivity contribution in [3.8, 4) is 0 Å². The fourth-order valence-electron chi connectivity index (χ4n) is 1.32. The molecule has 1 saturated heterocycles. The number of amides is 1. The maximum absolute atomic E-state index is 11.4. The summed E-state index contributed by atoms with van der Waals surface area (Å²) < 4.78 is 0. The molecule has 1 unspecified atom stereocenters. The lowest BCUT2D eigenvalue weighted by Gasteiger charge is -2.27. The molecule has 0 bridgehead atoms. The second-order valence-corrected chi connectivity index (χ2v) is 3.30. The van der Waals surface area contributed by atoms with Gasteiger partial charge in [0.25, 0.3) is 5.91 Å². The predicted octanol–water partition coefficient (Wildman–Crippen LogP) is 0.601. The molecule has 0 saturated carbocycles. The minimum absolute atomic E-state index is 0.0411. The molecule has 0 spiro atoms. The number of hydrogen-bond donors (Lipinski definition) is 3. The molecule has 1 rings (SSSR count). The summed E-state index contributed by atoms with van der Waals surface area (Å²) in [6.45, 7) is 3.41. The van der Waals surface area contributed by atoms with Gasteiger partial charge in [-0.1, -0.05) is 6.92 Å². The monoisotopic (exact) mass is 200 g/mol. The summed E-state index contributed by atoms with van der Waals surface area (Å²) >= 11 is 4.82. The molecule has 0 aromatic heterocycles. The van der Waals surface area contributed by atoms with E-state index in [0.29, 0.717) is 17.1 Å². The first-order valence-electron chi connectivity index (χ1n) is 4.07. The highest BCUT2D eigenvalue weighted by atomic mass is 32.1. The van der Waals surface area contributed by atoms with Crippen LogP contribution in [0.5, 0.6) is 0 Å². The number of aliphatic hydroxyl groups excluding tert-OH is 1. The molecule has 1 amide bonds. The van der Waals surface area contributed by atoms with Crippen molar-refractivity contribution in [2.75, 3.05) is 0 Å². The van der Waals surface area contributed by atoms with Crippen LogP contribution in [0.4, 0.5) is 0 Å². The van der Waals surface area contributed by atoms with Crippen molar-refractivity contribution >= 4 is 23.2 Å².